The summed E-state index contributed by atoms with van der Waals surface area (Å²) in [6.07, 6.45) is 4.97. The first-order chi connectivity index (χ1) is 13.5. The van der Waals surface area contributed by atoms with Gasteiger partial charge < -0.3 is 21.7 Å². The van der Waals surface area contributed by atoms with Crippen molar-refractivity contribution in [3.05, 3.63) is 42.4 Å². The van der Waals surface area contributed by atoms with Gasteiger partial charge in [0.05, 0.1) is 17.4 Å². The van der Waals surface area contributed by atoms with Gasteiger partial charge in [-0.05, 0) is 57.2 Å². The third-order valence-electron chi connectivity index (χ3n) is 5.12. The van der Waals surface area contributed by atoms with Crippen LogP contribution in [0, 0.1) is 0 Å². The average Bonchev–Trinajstić information content (AvgIpc) is 2.70. The second kappa shape index (κ2) is 7.40. The van der Waals surface area contributed by atoms with Crippen molar-refractivity contribution in [1.82, 2.24) is 25.2 Å². The number of nitrogens with two attached hydrogens (primary N) is 2. The highest BCUT2D eigenvalue weighted by molar-refractivity contribution is 5.98. The minimum atomic E-state index is -0.266. The van der Waals surface area contributed by atoms with Gasteiger partial charge in [-0.2, -0.15) is 0 Å². The van der Waals surface area contributed by atoms with Crippen LogP contribution in [-0.4, -0.2) is 51.9 Å². The van der Waals surface area contributed by atoms with E-state index in [0.29, 0.717) is 11.5 Å². The quantitative estimate of drug-likeness (QED) is 0.634. The van der Waals surface area contributed by atoms with E-state index in [2.05, 4.69) is 32.2 Å². The molecule has 144 valence electrons. The van der Waals surface area contributed by atoms with Crippen molar-refractivity contribution in [2.45, 2.75) is 18.9 Å². The Morgan fingerprint density at radius 1 is 1.14 bits per heavy atom. The molecule has 1 saturated heterocycles. The number of anilines is 2. The van der Waals surface area contributed by atoms with Gasteiger partial charge in [-0.3, -0.25) is 9.78 Å². The molecule has 0 unspecified atom stereocenters. The maximum Gasteiger partial charge on any atom is 0.272 e. The first-order valence-corrected chi connectivity index (χ1v) is 9.28. The van der Waals surface area contributed by atoms with Crippen molar-refractivity contribution in [3.63, 3.8) is 0 Å². The van der Waals surface area contributed by atoms with Crippen LogP contribution in [0.25, 0.3) is 22.3 Å². The summed E-state index contributed by atoms with van der Waals surface area (Å²) in [4.78, 5) is 28.0. The van der Waals surface area contributed by atoms with Crippen LogP contribution in [0.4, 0.5) is 11.4 Å². The smallest absolute Gasteiger partial charge is 0.272 e. The molecule has 28 heavy (non-hydrogen) atoms. The van der Waals surface area contributed by atoms with Gasteiger partial charge in [0.15, 0.2) is 11.5 Å². The predicted molar refractivity (Wildman–Crippen MR) is 110 cm³/mol. The van der Waals surface area contributed by atoms with Crippen LogP contribution in [0.3, 0.4) is 0 Å². The number of rotatable bonds is 3. The van der Waals surface area contributed by atoms with E-state index in [1.165, 1.54) is 6.20 Å². The summed E-state index contributed by atoms with van der Waals surface area (Å²) in [6, 6.07) is 7.48. The molecule has 0 atom stereocenters. The number of hydrogen-bond donors (Lipinski definition) is 3. The molecular weight excluding hydrogens is 354 g/mol. The van der Waals surface area contributed by atoms with Crippen molar-refractivity contribution >= 4 is 28.2 Å². The number of piperidine rings is 1. The lowest BCUT2D eigenvalue weighted by Crippen LogP contribution is -2.43. The fraction of sp³-hybridized carbons (Fsp3) is 0.300. The van der Waals surface area contributed by atoms with Crippen molar-refractivity contribution in [2.75, 3.05) is 31.6 Å². The molecule has 0 spiro atoms. The second-order valence-corrected chi connectivity index (χ2v) is 7.18. The van der Waals surface area contributed by atoms with Crippen LogP contribution >= 0.6 is 0 Å². The highest BCUT2D eigenvalue weighted by atomic mass is 16.2. The zero-order chi connectivity index (χ0) is 19.7. The van der Waals surface area contributed by atoms with Crippen LogP contribution < -0.4 is 16.8 Å². The number of nitrogens with zero attached hydrogens (tertiary/aromatic N) is 4. The summed E-state index contributed by atoms with van der Waals surface area (Å²) < 4.78 is 0. The Hall–Kier alpha value is -3.26. The van der Waals surface area contributed by atoms with Crippen LogP contribution in [0.15, 0.2) is 36.7 Å². The predicted octanol–water partition coefficient (Wildman–Crippen LogP) is 1.68. The number of benzene rings is 1. The molecule has 1 aliphatic rings. The van der Waals surface area contributed by atoms with Crippen molar-refractivity contribution in [1.29, 1.82) is 0 Å². The van der Waals surface area contributed by atoms with Crippen molar-refractivity contribution in [3.8, 4) is 11.4 Å². The van der Waals surface area contributed by atoms with Gasteiger partial charge in [-0.1, -0.05) is 0 Å². The Morgan fingerprint density at radius 3 is 2.71 bits per heavy atom. The number of nitrogens with one attached hydrogen (secondary N) is 1. The number of pyridine rings is 1. The fourth-order valence-corrected chi connectivity index (χ4v) is 3.43. The molecule has 2 aromatic heterocycles. The summed E-state index contributed by atoms with van der Waals surface area (Å²) in [5, 5.41) is 3.87. The first-order valence-electron chi connectivity index (χ1n) is 9.28. The summed E-state index contributed by atoms with van der Waals surface area (Å²) in [5.74, 6) is 0.158. The summed E-state index contributed by atoms with van der Waals surface area (Å²) >= 11 is 0. The molecule has 5 N–H and O–H groups in total. The van der Waals surface area contributed by atoms with Crippen LogP contribution in [0.2, 0.25) is 0 Å². The number of likely N-dealkylation sites (tertiary alicyclic amines) is 1. The highest BCUT2D eigenvalue weighted by Crippen LogP contribution is 2.25. The molecule has 4 rings (SSSR count). The molecule has 8 heteroatoms. The molecular formula is C20H23N7O. The molecule has 1 amide bonds. The van der Waals surface area contributed by atoms with Crippen molar-refractivity contribution < 1.29 is 4.79 Å². The number of carbonyl (C=O) groups excluding carboxylic acids is 1. The first kappa shape index (κ1) is 18.1. The molecule has 3 heterocycles. The topological polar surface area (TPSA) is 123 Å². The summed E-state index contributed by atoms with van der Waals surface area (Å²) in [6.45, 7) is 1.92. The van der Waals surface area contributed by atoms with Gasteiger partial charge in [0.2, 0.25) is 0 Å². The van der Waals surface area contributed by atoms with E-state index in [0.717, 1.165) is 42.4 Å². The number of amides is 1. The molecule has 0 radical (unpaired) electrons. The Kier molecular flexibility index (Phi) is 4.79. The zero-order valence-corrected chi connectivity index (χ0v) is 15.7. The minimum absolute atomic E-state index is 0.132. The normalized spacial score (nSPS) is 15.6. The van der Waals surface area contributed by atoms with E-state index < -0.39 is 0 Å². The third-order valence-corrected chi connectivity index (χ3v) is 5.12. The lowest BCUT2D eigenvalue weighted by Gasteiger charge is -2.29. The second-order valence-electron chi connectivity index (χ2n) is 7.18. The average molecular weight is 377 g/mol. The van der Waals surface area contributed by atoms with Gasteiger partial charge in [0, 0.05) is 28.9 Å². The maximum absolute atomic E-state index is 12.7. The maximum atomic E-state index is 12.7. The minimum Gasteiger partial charge on any atom is -0.398 e. The zero-order valence-electron chi connectivity index (χ0n) is 15.7. The van der Waals surface area contributed by atoms with Crippen LogP contribution in [0.5, 0.6) is 0 Å². The summed E-state index contributed by atoms with van der Waals surface area (Å²) in [7, 11) is 2.08. The molecule has 3 aromatic rings. The Balaban J connectivity index is 1.62. The van der Waals surface area contributed by atoms with Crippen LogP contribution in [0.1, 0.15) is 23.3 Å². The van der Waals surface area contributed by atoms with Gasteiger partial charge in [0.25, 0.3) is 5.91 Å². The fourth-order valence-electron chi connectivity index (χ4n) is 3.43. The number of nitrogen functional groups attached to an aromatic ring is 2. The monoisotopic (exact) mass is 377 g/mol. The Morgan fingerprint density at radius 2 is 1.93 bits per heavy atom. The largest absolute Gasteiger partial charge is 0.398 e. The number of aromatic nitrogens is 3. The SMILES string of the molecule is CN1CCC(NC(=O)c2nc(-c3ccc4nccc(N)c4c3)ncc2N)CC1. The highest BCUT2D eigenvalue weighted by Gasteiger charge is 2.21. The molecule has 1 aromatic carbocycles. The lowest BCUT2D eigenvalue weighted by atomic mass is 10.1. The van der Waals surface area contributed by atoms with Crippen molar-refractivity contribution in [2.24, 2.45) is 0 Å². The van der Waals surface area contributed by atoms with E-state index in [9.17, 15) is 4.79 Å². The third kappa shape index (κ3) is 3.59. The summed E-state index contributed by atoms with van der Waals surface area (Å²) in [5.41, 5.74) is 14.7. The molecule has 8 nitrogen and oxygen atoms in total. The van der Waals surface area contributed by atoms with Gasteiger partial charge in [0.1, 0.15) is 0 Å². The molecule has 1 aliphatic heterocycles. The lowest BCUT2D eigenvalue weighted by molar-refractivity contribution is 0.0912. The van der Waals surface area contributed by atoms with E-state index >= 15 is 0 Å². The standard InChI is InChI=1S/C20H23N7O/c1-27-8-5-13(6-9-27)25-20(28)18-16(22)11-24-19(26-18)12-2-3-17-14(10-12)15(21)4-7-23-17/h2-4,7,10-11,13H,5-6,8-9,22H2,1H3,(H2,21,23)(H,25,28). The van der Waals surface area contributed by atoms with Gasteiger partial charge >= 0.3 is 0 Å². The van der Waals surface area contributed by atoms with Crippen LogP contribution in [-0.2, 0) is 0 Å². The number of hydrogen-bond acceptors (Lipinski definition) is 7. The molecule has 0 saturated carbocycles. The van der Waals surface area contributed by atoms with E-state index in [-0.39, 0.29) is 23.3 Å². The Bertz CT molecular complexity index is 1030. The van der Waals surface area contributed by atoms with E-state index in [4.69, 9.17) is 11.5 Å². The van der Waals surface area contributed by atoms with Gasteiger partial charge in [-0.25, -0.2) is 9.97 Å². The van der Waals surface area contributed by atoms with Gasteiger partial charge in [-0.15, -0.1) is 0 Å². The van der Waals surface area contributed by atoms with E-state index in [1.807, 2.05) is 18.2 Å². The number of fused-ring (bicyclic) bond motifs is 1. The molecule has 0 aliphatic carbocycles. The number of carbonyl (C=O) groups is 1. The molecule has 1 fully saturated rings. The molecule has 0 bridgehead atoms. The van der Waals surface area contributed by atoms with E-state index in [1.54, 1.807) is 12.3 Å². The Labute approximate surface area is 163 Å².